The number of anilines is 1. The number of aliphatic carboxylic acids is 1. The number of fused-ring (bicyclic) bond motifs is 1. The molecule has 0 saturated carbocycles. The first-order chi connectivity index (χ1) is 9.63. The molecular weight excluding hydrogens is 278 g/mol. The molecule has 0 bridgehead atoms. The van der Waals surface area contributed by atoms with Crippen molar-refractivity contribution in [2.24, 2.45) is 0 Å². The van der Waals surface area contributed by atoms with Crippen LogP contribution in [0.25, 0.3) is 0 Å². The molecule has 7 heteroatoms. The van der Waals surface area contributed by atoms with Gasteiger partial charge >= 0.3 is 5.97 Å². The quantitative estimate of drug-likeness (QED) is 0.782. The van der Waals surface area contributed by atoms with Crippen molar-refractivity contribution in [3.8, 4) is 0 Å². The number of amides is 1. The number of nitrogens with zero attached hydrogens (tertiary/aromatic N) is 1. The topological polar surface area (TPSA) is 91.3 Å². The summed E-state index contributed by atoms with van der Waals surface area (Å²) in [5.74, 6) is -1.16. The van der Waals surface area contributed by atoms with Crippen LogP contribution in [0.4, 0.5) is 5.13 Å². The minimum Gasteiger partial charge on any atom is -0.481 e. The first-order valence-electron chi connectivity index (χ1n) is 6.89. The lowest BCUT2D eigenvalue weighted by molar-refractivity contribution is -0.139. The molecule has 2 atom stereocenters. The van der Waals surface area contributed by atoms with Crippen LogP contribution in [-0.2, 0) is 16.0 Å². The molecule has 2 heterocycles. The molecule has 1 aliphatic carbocycles. The third-order valence-corrected chi connectivity index (χ3v) is 4.91. The summed E-state index contributed by atoms with van der Waals surface area (Å²) < 4.78 is 0. The summed E-state index contributed by atoms with van der Waals surface area (Å²) in [6.07, 6.45) is 3.81. The summed E-state index contributed by atoms with van der Waals surface area (Å²) in [7, 11) is 0. The predicted octanol–water partition coefficient (Wildman–Crippen LogP) is 1.34. The van der Waals surface area contributed by atoms with Gasteiger partial charge in [0.15, 0.2) is 5.13 Å². The fraction of sp³-hybridized carbons (Fsp3) is 0.615. The van der Waals surface area contributed by atoms with Crippen molar-refractivity contribution in [2.75, 3.05) is 11.9 Å². The normalized spacial score (nSPS) is 25.7. The van der Waals surface area contributed by atoms with Crippen molar-refractivity contribution in [1.29, 1.82) is 0 Å². The van der Waals surface area contributed by atoms with Gasteiger partial charge in [-0.25, -0.2) is 4.98 Å². The maximum atomic E-state index is 11.2. The Bertz CT molecular complexity index is 533. The van der Waals surface area contributed by atoms with E-state index in [1.165, 1.54) is 0 Å². The Balaban J connectivity index is 1.72. The largest absolute Gasteiger partial charge is 0.481 e. The van der Waals surface area contributed by atoms with Gasteiger partial charge in [-0.15, -0.1) is 11.3 Å². The molecular formula is C13H17N3O3S. The van der Waals surface area contributed by atoms with Gasteiger partial charge in [-0.05, 0) is 25.7 Å². The van der Waals surface area contributed by atoms with E-state index in [0.29, 0.717) is 19.4 Å². The van der Waals surface area contributed by atoms with E-state index in [9.17, 15) is 14.7 Å². The van der Waals surface area contributed by atoms with E-state index < -0.39 is 11.9 Å². The van der Waals surface area contributed by atoms with Gasteiger partial charge in [-0.3, -0.25) is 9.59 Å². The molecule has 20 heavy (non-hydrogen) atoms. The number of carboxylic acids is 1. The molecule has 0 radical (unpaired) electrons. The number of piperidine rings is 1. The first-order valence-corrected chi connectivity index (χ1v) is 7.71. The lowest BCUT2D eigenvalue weighted by atomic mass is 9.91. The first kappa shape index (κ1) is 13.4. The summed E-state index contributed by atoms with van der Waals surface area (Å²) in [5.41, 5.74) is 0.732. The number of carbonyl (C=O) groups is 2. The Morgan fingerprint density at radius 1 is 1.40 bits per heavy atom. The van der Waals surface area contributed by atoms with Gasteiger partial charge in [0.1, 0.15) is 5.92 Å². The lowest BCUT2D eigenvalue weighted by Crippen LogP contribution is -2.41. The van der Waals surface area contributed by atoms with E-state index >= 15 is 0 Å². The Labute approximate surface area is 120 Å². The molecule has 3 rings (SSSR count). The van der Waals surface area contributed by atoms with Crippen LogP contribution in [0.5, 0.6) is 0 Å². The van der Waals surface area contributed by atoms with Gasteiger partial charge in [0.05, 0.1) is 5.69 Å². The molecule has 1 aromatic rings. The summed E-state index contributed by atoms with van der Waals surface area (Å²) >= 11 is 1.55. The zero-order valence-corrected chi connectivity index (χ0v) is 11.8. The van der Waals surface area contributed by atoms with E-state index in [2.05, 4.69) is 15.6 Å². The number of aryl methyl sites for hydroxylation is 1. The summed E-state index contributed by atoms with van der Waals surface area (Å²) in [6.45, 7) is 0.603. The second kappa shape index (κ2) is 5.40. The molecule has 1 saturated heterocycles. The highest BCUT2D eigenvalue weighted by Crippen LogP contribution is 2.37. The minimum absolute atomic E-state index is 0.0902. The molecule has 0 aromatic carbocycles. The van der Waals surface area contributed by atoms with E-state index in [-0.39, 0.29) is 11.9 Å². The van der Waals surface area contributed by atoms with Crippen molar-refractivity contribution in [3.05, 3.63) is 10.6 Å². The van der Waals surface area contributed by atoms with Gasteiger partial charge in [0.25, 0.3) is 0 Å². The van der Waals surface area contributed by atoms with Crippen LogP contribution >= 0.6 is 11.3 Å². The highest BCUT2D eigenvalue weighted by atomic mass is 32.1. The summed E-state index contributed by atoms with van der Waals surface area (Å²) in [4.78, 5) is 27.9. The number of carboxylic acid groups (broad SMARTS) is 1. The van der Waals surface area contributed by atoms with E-state index in [1.807, 2.05) is 0 Å². The Morgan fingerprint density at radius 3 is 2.95 bits per heavy atom. The van der Waals surface area contributed by atoms with E-state index in [1.54, 1.807) is 11.3 Å². The minimum atomic E-state index is -0.785. The fourth-order valence-corrected chi connectivity index (χ4v) is 3.89. The van der Waals surface area contributed by atoms with Gasteiger partial charge < -0.3 is 15.7 Å². The second-order valence-electron chi connectivity index (χ2n) is 5.29. The van der Waals surface area contributed by atoms with Gasteiger partial charge in [-0.2, -0.15) is 0 Å². The predicted molar refractivity (Wildman–Crippen MR) is 75.1 cm³/mol. The molecule has 1 amide bonds. The average molecular weight is 295 g/mol. The highest BCUT2D eigenvalue weighted by Gasteiger charge is 2.30. The molecule has 2 unspecified atom stereocenters. The Morgan fingerprint density at radius 2 is 2.25 bits per heavy atom. The van der Waals surface area contributed by atoms with Crippen LogP contribution < -0.4 is 10.6 Å². The third-order valence-electron chi connectivity index (χ3n) is 3.85. The number of hydrogen-bond donors (Lipinski definition) is 3. The molecule has 108 valence electrons. The molecule has 3 N–H and O–H groups in total. The number of hydrogen-bond acceptors (Lipinski definition) is 5. The molecule has 1 aliphatic heterocycles. The third kappa shape index (κ3) is 2.63. The average Bonchev–Trinajstić information content (AvgIpc) is 2.83. The fourth-order valence-electron chi connectivity index (χ4n) is 2.75. The SMILES string of the molecule is O=C1CCC(Nc2nc3c(s2)CCCC3C(=O)O)CN1. The zero-order chi connectivity index (χ0) is 14.1. The van der Waals surface area contributed by atoms with Gasteiger partial charge in [0, 0.05) is 23.9 Å². The van der Waals surface area contributed by atoms with Crippen molar-refractivity contribution in [2.45, 2.75) is 44.1 Å². The molecule has 2 aliphatic rings. The maximum Gasteiger partial charge on any atom is 0.312 e. The Hall–Kier alpha value is -1.63. The molecule has 6 nitrogen and oxygen atoms in total. The van der Waals surface area contributed by atoms with E-state index in [4.69, 9.17) is 0 Å². The standard InChI is InChI=1S/C13H17N3O3S/c17-10-5-4-7(6-14-10)15-13-16-11-8(12(18)19)2-1-3-9(11)20-13/h7-8H,1-6H2,(H,14,17)(H,15,16)(H,18,19). The lowest BCUT2D eigenvalue weighted by Gasteiger charge is -2.22. The smallest absolute Gasteiger partial charge is 0.312 e. The zero-order valence-electron chi connectivity index (χ0n) is 11.0. The molecule has 0 spiro atoms. The van der Waals surface area contributed by atoms with Crippen LogP contribution in [0.2, 0.25) is 0 Å². The van der Waals surface area contributed by atoms with Crippen molar-refractivity contribution in [1.82, 2.24) is 10.3 Å². The number of aromatic nitrogens is 1. The van der Waals surface area contributed by atoms with Crippen LogP contribution in [0.15, 0.2) is 0 Å². The number of thiazole rings is 1. The number of rotatable bonds is 3. The van der Waals surface area contributed by atoms with Crippen molar-refractivity contribution >= 4 is 28.3 Å². The molecule has 1 fully saturated rings. The van der Waals surface area contributed by atoms with Crippen molar-refractivity contribution in [3.63, 3.8) is 0 Å². The Kier molecular flexibility index (Phi) is 3.60. The molecule has 1 aromatic heterocycles. The van der Waals surface area contributed by atoms with Gasteiger partial charge in [-0.1, -0.05) is 0 Å². The van der Waals surface area contributed by atoms with Crippen molar-refractivity contribution < 1.29 is 14.7 Å². The monoisotopic (exact) mass is 295 g/mol. The van der Waals surface area contributed by atoms with Gasteiger partial charge in [0.2, 0.25) is 5.91 Å². The number of nitrogens with one attached hydrogen (secondary N) is 2. The highest BCUT2D eigenvalue weighted by molar-refractivity contribution is 7.15. The maximum absolute atomic E-state index is 11.2. The van der Waals surface area contributed by atoms with Crippen LogP contribution in [0, 0.1) is 0 Å². The van der Waals surface area contributed by atoms with E-state index in [0.717, 1.165) is 35.0 Å². The second-order valence-corrected chi connectivity index (χ2v) is 6.38. The number of carbonyl (C=O) groups excluding carboxylic acids is 1. The summed E-state index contributed by atoms with van der Waals surface area (Å²) in [6, 6.07) is 0.184. The van der Waals surface area contributed by atoms with Crippen LogP contribution in [0.3, 0.4) is 0 Å². The van der Waals surface area contributed by atoms with Crippen LogP contribution in [-0.4, -0.2) is 34.6 Å². The summed E-state index contributed by atoms with van der Waals surface area (Å²) in [5, 5.41) is 16.2. The van der Waals surface area contributed by atoms with Crippen LogP contribution in [0.1, 0.15) is 42.2 Å².